The fraction of sp³-hybridized carbons (Fsp3) is 0.733. The highest BCUT2D eigenvalue weighted by atomic mass is 16.4. The third-order valence-corrected chi connectivity index (χ3v) is 4.48. The van der Waals surface area contributed by atoms with Gasteiger partial charge in [0.25, 0.3) is 5.91 Å². The third-order valence-electron chi connectivity index (χ3n) is 4.48. The van der Waals surface area contributed by atoms with Crippen molar-refractivity contribution < 1.29 is 24.3 Å². The highest BCUT2D eigenvalue weighted by Gasteiger charge is 2.52. The number of carboxylic acid groups (broad SMARTS) is 1. The van der Waals surface area contributed by atoms with E-state index < -0.39 is 36.0 Å². The molecule has 128 valence electrons. The highest BCUT2D eigenvalue weighted by Crippen LogP contribution is 2.34. The van der Waals surface area contributed by atoms with Crippen LogP contribution in [0.2, 0.25) is 0 Å². The van der Waals surface area contributed by atoms with Gasteiger partial charge in [-0.1, -0.05) is 32.6 Å². The minimum absolute atomic E-state index is 0.321. The monoisotopic (exact) mass is 325 g/mol. The van der Waals surface area contributed by atoms with Gasteiger partial charge < -0.3 is 15.7 Å². The standard InChI is InChI=1S/C15H23N3O5/c1-2-3-6-10(12(20)21)16-11(19)9-18-13(22)15(17-14(18)23)7-4-5-8-15/h10H,2-9H2,1H3,(H,16,19)(H,17,23)(H,20,21). The number of amides is 4. The van der Waals surface area contributed by atoms with E-state index in [2.05, 4.69) is 10.6 Å². The number of imide groups is 1. The molecule has 0 radical (unpaired) electrons. The summed E-state index contributed by atoms with van der Waals surface area (Å²) in [7, 11) is 0. The third kappa shape index (κ3) is 3.62. The van der Waals surface area contributed by atoms with Crippen molar-refractivity contribution in [3.63, 3.8) is 0 Å². The van der Waals surface area contributed by atoms with Gasteiger partial charge in [-0.25, -0.2) is 9.59 Å². The first-order valence-corrected chi connectivity index (χ1v) is 8.06. The summed E-state index contributed by atoms with van der Waals surface area (Å²) in [5.41, 5.74) is -0.855. The number of unbranched alkanes of at least 4 members (excludes halogenated alkanes) is 1. The van der Waals surface area contributed by atoms with Crippen molar-refractivity contribution in [1.82, 2.24) is 15.5 Å². The number of nitrogens with one attached hydrogen (secondary N) is 2. The van der Waals surface area contributed by atoms with E-state index in [4.69, 9.17) is 5.11 Å². The molecule has 1 unspecified atom stereocenters. The molecule has 8 nitrogen and oxygen atoms in total. The molecule has 1 spiro atoms. The summed E-state index contributed by atoms with van der Waals surface area (Å²) in [6.07, 6.45) is 4.71. The Bertz CT molecular complexity index is 513. The molecule has 1 saturated carbocycles. The van der Waals surface area contributed by atoms with Crippen molar-refractivity contribution in [3.8, 4) is 0 Å². The minimum Gasteiger partial charge on any atom is -0.480 e. The Morgan fingerprint density at radius 1 is 1.35 bits per heavy atom. The molecule has 1 heterocycles. The molecule has 0 aromatic rings. The number of hydrogen-bond acceptors (Lipinski definition) is 4. The van der Waals surface area contributed by atoms with Crippen LogP contribution in [0.25, 0.3) is 0 Å². The molecular formula is C15H23N3O5. The van der Waals surface area contributed by atoms with Gasteiger partial charge in [0, 0.05) is 0 Å². The quantitative estimate of drug-likeness (QED) is 0.593. The largest absolute Gasteiger partial charge is 0.480 e. The molecule has 23 heavy (non-hydrogen) atoms. The number of aliphatic carboxylic acids is 1. The van der Waals surface area contributed by atoms with Crippen LogP contribution in [0.4, 0.5) is 4.79 Å². The van der Waals surface area contributed by atoms with Crippen molar-refractivity contribution in [1.29, 1.82) is 0 Å². The lowest BCUT2D eigenvalue weighted by Crippen LogP contribution is -2.48. The van der Waals surface area contributed by atoms with E-state index in [0.29, 0.717) is 25.7 Å². The average Bonchev–Trinajstić information content (AvgIpc) is 3.05. The summed E-state index contributed by atoms with van der Waals surface area (Å²) in [5, 5.41) is 14.2. The topological polar surface area (TPSA) is 116 Å². The number of carboxylic acids is 1. The lowest BCUT2D eigenvalue weighted by Gasteiger charge is -2.20. The molecule has 0 aromatic heterocycles. The van der Waals surface area contributed by atoms with Crippen molar-refractivity contribution >= 4 is 23.8 Å². The molecule has 2 fully saturated rings. The predicted octanol–water partition coefficient (Wildman–Crippen LogP) is 0.611. The Balaban J connectivity index is 1.95. The van der Waals surface area contributed by atoms with Crippen molar-refractivity contribution in [2.45, 2.75) is 63.5 Å². The van der Waals surface area contributed by atoms with Crippen LogP contribution >= 0.6 is 0 Å². The van der Waals surface area contributed by atoms with Crippen LogP contribution in [0, 0.1) is 0 Å². The molecular weight excluding hydrogens is 302 g/mol. The summed E-state index contributed by atoms with van der Waals surface area (Å²) in [5.74, 6) is -2.13. The van der Waals surface area contributed by atoms with Gasteiger partial charge in [-0.2, -0.15) is 0 Å². The highest BCUT2D eigenvalue weighted by molar-refractivity contribution is 6.09. The van der Waals surface area contributed by atoms with Crippen molar-refractivity contribution in [2.75, 3.05) is 6.54 Å². The average molecular weight is 325 g/mol. The Hall–Kier alpha value is -2.12. The zero-order valence-electron chi connectivity index (χ0n) is 13.3. The fourth-order valence-electron chi connectivity index (χ4n) is 3.19. The van der Waals surface area contributed by atoms with Crippen molar-refractivity contribution in [3.05, 3.63) is 0 Å². The molecule has 4 amide bonds. The minimum atomic E-state index is -1.11. The van der Waals surface area contributed by atoms with Crippen LogP contribution in [0.5, 0.6) is 0 Å². The number of hydrogen-bond donors (Lipinski definition) is 3. The summed E-state index contributed by atoms with van der Waals surface area (Å²) >= 11 is 0. The van der Waals surface area contributed by atoms with Gasteiger partial charge >= 0.3 is 12.0 Å². The molecule has 1 aliphatic carbocycles. The van der Waals surface area contributed by atoms with E-state index in [-0.39, 0.29) is 5.91 Å². The van der Waals surface area contributed by atoms with E-state index in [1.807, 2.05) is 6.92 Å². The molecule has 0 bridgehead atoms. The van der Waals surface area contributed by atoms with Crippen LogP contribution in [0.15, 0.2) is 0 Å². The Morgan fingerprint density at radius 2 is 2.00 bits per heavy atom. The normalized spacial score (nSPS) is 20.7. The molecule has 1 aliphatic heterocycles. The number of urea groups is 1. The smallest absolute Gasteiger partial charge is 0.326 e. The zero-order valence-corrected chi connectivity index (χ0v) is 13.3. The first-order chi connectivity index (χ1) is 10.9. The number of rotatable bonds is 7. The molecule has 3 N–H and O–H groups in total. The molecule has 2 aliphatic rings. The second-order valence-electron chi connectivity index (χ2n) is 6.21. The fourth-order valence-corrected chi connectivity index (χ4v) is 3.19. The molecule has 2 rings (SSSR count). The van der Waals surface area contributed by atoms with E-state index in [0.717, 1.165) is 24.2 Å². The number of carbonyl (C=O) groups excluding carboxylic acids is 3. The molecule has 0 aromatic carbocycles. The lowest BCUT2D eigenvalue weighted by molar-refractivity contribution is -0.142. The maximum atomic E-state index is 12.4. The van der Waals surface area contributed by atoms with Gasteiger partial charge in [0.15, 0.2) is 0 Å². The van der Waals surface area contributed by atoms with E-state index in [9.17, 15) is 19.2 Å². The summed E-state index contributed by atoms with van der Waals surface area (Å²) in [6.45, 7) is 1.48. The number of nitrogens with zero attached hydrogens (tertiary/aromatic N) is 1. The zero-order chi connectivity index (χ0) is 17.0. The summed E-state index contributed by atoms with van der Waals surface area (Å²) < 4.78 is 0. The maximum absolute atomic E-state index is 12.4. The van der Waals surface area contributed by atoms with E-state index >= 15 is 0 Å². The first kappa shape index (κ1) is 17.2. The first-order valence-electron chi connectivity index (χ1n) is 8.06. The molecule has 1 atom stereocenters. The van der Waals surface area contributed by atoms with E-state index in [1.165, 1.54) is 0 Å². The van der Waals surface area contributed by atoms with Gasteiger partial charge in [0.2, 0.25) is 5.91 Å². The number of carbonyl (C=O) groups is 4. The molecule has 8 heteroatoms. The van der Waals surface area contributed by atoms with Crippen LogP contribution in [0.1, 0.15) is 51.9 Å². The van der Waals surface area contributed by atoms with Crippen molar-refractivity contribution in [2.24, 2.45) is 0 Å². The van der Waals surface area contributed by atoms with Gasteiger partial charge in [0.1, 0.15) is 18.1 Å². The van der Waals surface area contributed by atoms with Gasteiger partial charge in [-0.3, -0.25) is 14.5 Å². The Morgan fingerprint density at radius 3 is 2.57 bits per heavy atom. The lowest BCUT2D eigenvalue weighted by atomic mass is 9.98. The van der Waals surface area contributed by atoms with Crippen LogP contribution < -0.4 is 10.6 Å². The SMILES string of the molecule is CCCCC(NC(=O)CN1C(=O)NC2(CCCC2)C1=O)C(=O)O. The summed E-state index contributed by atoms with van der Waals surface area (Å²) in [4.78, 5) is 48.4. The van der Waals surface area contributed by atoms with E-state index in [1.54, 1.807) is 0 Å². The molecule has 1 saturated heterocycles. The van der Waals surface area contributed by atoms with Crippen LogP contribution in [-0.2, 0) is 14.4 Å². The second kappa shape index (κ2) is 6.97. The van der Waals surface area contributed by atoms with Gasteiger partial charge in [0.05, 0.1) is 0 Å². The van der Waals surface area contributed by atoms with Crippen LogP contribution in [-0.4, -0.2) is 51.9 Å². The maximum Gasteiger partial charge on any atom is 0.326 e. The van der Waals surface area contributed by atoms with Gasteiger partial charge in [-0.15, -0.1) is 0 Å². The Kier molecular flexibility index (Phi) is 5.23. The second-order valence-corrected chi connectivity index (χ2v) is 6.21. The van der Waals surface area contributed by atoms with Gasteiger partial charge in [-0.05, 0) is 19.3 Å². The Labute approximate surface area is 134 Å². The van der Waals surface area contributed by atoms with Crippen LogP contribution in [0.3, 0.4) is 0 Å². The predicted molar refractivity (Wildman–Crippen MR) is 80.5 cm³/mol. The summed E-state index contributed by atoms with van der Waals surface area (Å²) in [6, 6.07) is -1.57.